The van der Waals surface area contributed by atoms with Gasteiger partial charge in [0.2, 0.25) is 0 Å². The van der Waals surface area contributed by atoms with Gasteiger partial charge in [0.05, 0.1) is 53.0 Å². The van der Waals surface area contributed by atoms with Gasteiger partial charge >= 0.3 is 22.2 Å². The van der Waals surface area contributed by atoms with Crippen LogP contribution in [0.15, 0.2) is 41.2 Å². The van der Waals surface area contributed by atoms with Gasteiger partial charge in [0.1, 0.15) is 23.4 Å². The number of phenols is 3. The molecule has 0 saturated carbocycles. The molecular formula is C43H60N4O16S. The number of likely N-dealkylation sites (N-methyl/N-ethyl adjacent to an activating group) is 1. The lowest BCUT2D eigenvalue weighted by molar-refractivity contribution is -0.160. The number of nitrogens with zero attached hydrogens (tertiary/aromatic N) is 3. The number of hydrogen-bond donors (Lipinski definition) is 8. The van der Waals surface area contributed by atoms with Crippen molar-refractivity contribution < 1.29 is 76.4 Å². The Morgan fingerprint density at radius 1 is 0.938 bits per heavy atom. The molecule has 9 atom stereocenters. The normalized spacial score (nSPS) is 30.5. The number of rotatable bonds is 4. The van der Waals surface area contributed by atoms with Gasteiger partial charge in [-0.1, -0.05) is 45.9 Å². The van der Waals surface area contributed by atoms with Gasteiger partial charge in [0.15, 0.2) is 5.75 Å². The number of aliphatic hydroxyl groups is 2. The second-order valence-corrected chi connectivity index (χ2v) is 17.5. The summed E-state index contributed by atoms with van der Waals surface area (Å²) in [4.78, 5) is 42.6. The summed E-state index contributed by atoms with van der Waals surface area (Å²) in [7, 11) is -1.25. The maximum Gasteiger partial charge on any atom is 0.394 e. The lowest BCUT2D eigenvalue weighted by atomic mass is 9.78. The number of aliphatic hydroxyl groups excluding tert-OH is 2. The summed E-state index contributed by atoms with van der Waals surface area (Å²) < 4.78 is 55.2. The monoisotopic (exact) mass is 920 g/mol. The fraction of sp³-hybridized carbons (Fsp3) is 0.535. The highest BCUT2D eigenvalue weighted by atomic mass is 32.3. The Hall–Kier alpha value is -5.29. The largest absolute Gasteiger partial charge is 0.507 e. The number of piperazine rings is 1. The predicted octanol–water partition coefficient (Wildman–Crippen LogP) is 3.68. The van der Waals surface area contributed by atoms with E-state index in [1.165, 1.54) is 59.4 Å². The molecule has 0 aromatic heterocycles. The molecule has 0 aliphatic carbocycles. The molecule has 0 radical (unpaired) electrons. The first-order chi connectivity index (χ1) is 29.7. The average molecular weight is 921 g/mol. The van der Waals surface area contributed by atoms with E-state index < -0.39 is 99.2 Å². The Morgan fingerprint density at radius 3 is 2.12 bits per heavy atom. The van der Waals surface area contributed by atoms with Gasteiger partial charge in [-0.15, -0.1) is 0 Å². The molecular weight excluding hydrogens is 861 g/mol. The highest BCUT2D eigenvalue weighted by Crippen LogP contribution is 2.55. The molecule has 354 valence electrons. The van der Waals surface area contributed by atoms with Gasteiger partial charge < -0.3 is 54.7 Å². The molecule has 4 aliphatic heterocycles. The summed E-state index contributed by atoms with van der Waals surface area (Å²) in [5.74, 6) is -8.34. The van der Waals surface area contributed by atoms with Crippen molar-refractivity contribution >= 4 is 50.7 Å². The Kier molecular flexibility index (Phi) is 16.6. The number of methoxy groups -OCH3 is 1. The number of fused-ring (bicyclic) bond motifs is 14. The van der Waals surface area contributed by atoms with Crippen LogP contribution in [0.25, 0.3) is 10.8 Å². The van der Waals surface area contributed by atoms with Crippen molar-refractivity contribution in [2.45, 2.75) is 85.6 Å². The minimum atomic E-state index is -4.67. The van der Waals surface area contributed by atoms with Crippen molar-refractivity contribution in [2.75, 3.05) is 45.7 Å². The molecule has 1 fully saturated rings. The zero-order valence-corrected chi connectivity index (χ0v) is 38.3. The van der Waals surface area contributed by atoms with Crippen LogP contribution >= 0.6 is 0 Å². The van der Waals surface area contributed by atoms with Crippen LogP contribution in [0.2, 0.25) is 0 Å². The molecule has 0 unspecified atom stereocenters. The number of amides is 1. The van der Waals surface area contributed by atoms with E-state index in [1.54, 1.807) is 44.9 Å². The lowest BCUT2D eigenvalue weighted by Gasteiger charge is -2.38. The SMILES string of the molecule is CO[C@H]1/C=C/O[C@@]2(C)Oc3c(C)c(O)c4c(O)c(c(/C=N/N5CCN(C)CC5)c(O)c4c3C2=O)NC(=O)/C(C)=C\C=C\[C@H](C)[C@H](O)[C@@H](C)[C@@H](O)[C@@H](C)[C@H](OC(C)=O)[C@@H]1C.O=S(=O)(O)O. The van der Waals surface area contributed by atoms with Crippen molar-refractivity contribution in [3.8, 4) is 23.0 Å². The van der Waals surface area contributed by atoms with Crippen molar-refractivity contribution in [2.24, 2.45) is 28.8 Å². The molecule has 2 aromatic carbocycles. The summed E-state index contributed by atoms with van der Waals surface area (Å²) in [6.45, 7) is 15.1. The van der Waals surface area contributed by atoms with E-state index in [9.17, 15) is 39.9 Å². The van der Waals surface area contributed by atoms with Gasteiger partial charge in [-0.3, -0.25) is 28.5 Å². The zero-order valence-electron chi connectivity index (χ0n) is 37.5. The smallest absolute Gasteiger partial charge is 0.394 e. The Labute approximate surface area is 372 Å². The fourth-order valence-electron chi connectivity index (χ4n) is 7.92. The molecule has 1 saturated heterocycles. The number of aromatic hydroxyl groups is 3. The predicted molar refractivity (Wildman–Crippen MR) is 235 cm³/mol. The number of ether oxygens (including phenoxy) is 4. The second kappa shape index (κ2) is 20.7. The first kappa shape index (κ1) is 51.3. The van der Waals surface area contributed by atoms with E-state index in [1.807, 2.05) is 7.05 Å². The number of ketones is 1. The fourth-order valence-corrected chi connectivity index (χ4v) is 7.92. The van der Waals surface area contributed by atoms with Crippen LogP contribution in [-0.2, 0) is 34.2 Å². The molecule has 8 N–H and O–H groups in total. The van der Waals surface area contributed by atoms with Crippen LogP contribution in [0.1, 0.15) is 70.0 Å². The second-order valence-electron chi connectivity index (χ2n) is 16.6. The first-order valence-electron chi connectivity index (χ1n) is 20.5. The van der Waals surface area contributed by atoms with Crippen LogP contribution < -0.4 is 10.1 Å². The molecule has 64 heavy (non-hydrogen) atoms. The van der Waals surface area contributed by atoms with Crippen LogP contribution in [0, 0.1) is 30.6 Å². The summed E-state index contributed by atoms with van der Waals surface area (Å²) in [5.41, 5.74) is -0.350. The van der Waals surface area contributed by atoms with Crippen LogP contribution in [0.4, 0.5) is 5.69 Å². The maximum atomic E-state index is 14.4. The number of benzene rings is 2. The van der Waals surface area contributed by atoms with Gasteiger partial charge in [-0.25, -0.2) is 0 Å². The van der Waals surface area contributed by atoms with Gasteiger partial charge in [-0.05, 0) is 27.0 Å². The third-order valence-corrected chi connectivity index (χ3v) is 11.9. The van der Waals surface area contributed by atoms with Gasteiger partial charge in [-0.2, -0.15) is 13.5 Å². The standard InChI is InChI=1S/C43H58N4O12.H2O4S/c1-21-12-11-13-22(2)42(55)45-33-28(20-44-47-17-15-46(9)16-18-47)37(52)30-31(38(33)53)36(51)26(6)40-32(30)41(54)43(8,59-40)57-19-14-29(56-10)23(3)39(58-27(7)48)25(5)35(50)24(4)34(21)49;1-5(2,3)4/h11-14,19-21,23-25,29,34-35,39,49-53H,15-18H2,1-10H3,(H,45,55);(H2,1,2,3,4)/b12-11+,19-14+,22-13-,44-20+;/t21-,23+,24+,25+,29-,34-,35+,39+,43-;/m0./s1. The molecule has 1 amide bonds. The van der Waals surface area contributed by atoms with E-state index in [2.05, 4.69) is 15.3 Å². The zero-order chi connectivity index (χ0) is 48.2. The van der Waals surface area contributed by atoms with Gasteiger partial charge in [0.25, 0.3) is 11.7 Å². The molecule has 6 rings (SSSR count). The molecule has 5 bridgehead atoms. The molecule has 4 heterocycles. The quantitative estimate of drug-likeness (QED) is 0.0713. The third-order valence-electron chi connectivity index (χ3n) is 11.9. The van der Waals surface area contributed by atoms with Gasteiger partial charge in [0, 0.05) is 87.3 Å². The third kappa shape index (κ3) is 11.5. The minimum absolute atomic E-state index is 0.0559. The topological polar surface area (TPSA) is 295 Å². The van der Waals surface area contributed by atoms with Crippen LogP contribution in [0.5, 0.6) is 23.0 Å². The number of Topliss-reactive ketones (excluding diaryl/α,β-unsaturated/α-hetero) is 1. The Balaban J connectivity index is 0.00000170. The molecule has 4 aliphatic rings. The number of esters is 1. The molecule has 0 spiro atoms. The van der Waals surface area contributed by atoms with Crippen molar-refractivity contribution in [1.82, 2.24) is 9.91 Å². The summed E-state index contributed by atoms with van der Waals surface area (Å²) in [5, 5.41) is 66.8. The highest BCUT2D eigenvalue weighted by molar-refractivity contribution is 7.79. The molecule has 21 heteroatoms. The number of anilines is 1. The number of allylic oxidation sites excluding steroid dienone is 2. The number of nitrogens with one attached hydrogen (secondary N) is 1. The Bertz CT molecular complexity index is 2320. The van der Waals surface area contributed by atoms with E-state index in [-0.39, 0.29) is 44.5 Å². The molecule has 2 aromatic rings. The minimum Gasteiger partial charge on any atom is -0.507 e. The van der Waals surface area contributed by atoms with E-state index in [0.29, 0.717) is 13.1 Å². The summed E-state index contributed by atoms with van der Waals surface area (Å²) in [6, 6.07) is 0. The van der Waals surface area contributed by atoms with E-state index in [0.717, 1.165) is 13.1 Å². The van der Waals surface area contributed by atoms with Crippen molar-refractivity contribution in [3.05, 3.63) is 52.8 Å². The summed E-state index contributed by atoms with van der Waals surface area (Å²) >= 11 is 0. The number of hydrogen-bond acceptors (Lipinski definition) is 17. The Morgan fingerprint density at radius 2 is 1.55 bits per heavy atom. The lowest BCUT2D eigenvalue weighted by Crippen LogP contribution is -2.46. The van der Waals surface area contributed by atoms with Crippen LogP contribution in [0.3, 0.4) is 0 Å². The van der Waals surface area contributed by atoms with E-state index in [4.69, 9.17) is 36.5 Å². The first-order valence-corrected chi connectivity index (χ1v) is 21.9. The number of phenolic OH excluding ortho intramolecular Hbond substituents is 3. The number of hydrazone groups is 1. The highest BCUT2D eigenvalue weighted by Gasteiger charge is 2.50. The van der Waals surface area contributed by atoms with Crippen molar-refractivity contribution in [1.29, 1.82) is 0 Å². The number of carbonyl (C=O) groups is 3. The maximum absolute atomic E-state index is 14.4. The van der Waals surface area contributed by atoms with Crippen LogP contribution in [-0.4, -0.2) is 147 Å². The van der Waals surface area contributed by atoms with Crippen molar-refractivity contribution in [3.63, 3.8) is 0 Å². The average Bonchev–Trinajstić information content (AvgIpc) is 3.48. The van der Waals surface area contributed by atoms with E-state index >= 15 is 0 Å². The molecule has 20 nitrogen and oxygen atoms in total. The summed E-state index contributed by atoms with van der Waals surface area (Å²) in [6.07, 6.45) is 4.86. The number of carbonyl (C=O) groups excluding carboxylic acids is 3.